The van der Waals surface area contributed by atoms with E-state index in [-0.39, 0.29) is 5.78 Å². The van der Waals surface area contributed by atoms with E-state index >= 15 is 0 Å². The molecule has 19 heavy (non-hydrogen) atoms. The lowest BCUT2D eigenvalue weighted by Crippen LogP contribution is -2.12. The number of hydrogen-bond donors (Lipinski definition) is 0. The van der Waals surface area contributed by atoms with Gasteiger partial charge in [-0.15, -0.1) is 0 Å². The highest BCUT2D eigenvalue weighted by atomic mass is 19.1. The normalized spacial score (nSPS) is 14.0. The minimum Gasteiger partial charge on any atom is -0.318 e. The fraction of sp³-hybridized carbons (Fsp3) is 0.200. The van der Waals surface area contributed by atoms with Crippen molar-refractivity contribution in [2.45, 2.75) is 19.3 Å². The monoisotopic (exact) mass is 254 g/mol. The zero-order valence-electron chi connectivity index (χ0n) is 10.2. The van der Waals surface area contributed by atoms with Crippen LogP contribution in [0.3, 0.4) is 0 Å². The standard InChI is InChI=1S/C15H11FN2O/c16-12-8-10(9-17)4-5-14(12)18-7-6-11-13(18)2-1-3-15(11)19/h4-8H,1-3H2. The number of nitriles is 1. The van der Waals surface area contributed by atoms with Gasteiger partial charge in [0.1, 0.15) is 5.82 Å². The van der Waals surface area contributed by atoms with Gasteiger partial charge in [-0.05, 0) is 37.1 Å². The summed E-state index contributed by atoms with van der Waals surface area (Å²) in [5, 5.41) is 8.74. The molecule has 3 rings (SSSR count). The fourth-order valence-corrected chi connectivity index (χ4v) is 2.52. The van der Waals surface area contributed by atoms with Crippen molar-refractivity contribution in [3.63, 3.8) is 0 Å². The molecule has 0 N–H and O–H groups in total. The smallest absolute Gasteiger partial charge is 0.164 e. The number of Topliss-reactive ketones (excluding diaryl/α,β-unsaturated/α-hetero) is 1. The second-order valence-electron chi connectivity index (χ2n) is 4.60. The van der Waals surface area contributed by atoms with Gasteiger partial charge in [0, 0.05) is 23.9 Å². The molecule has 1 aliphatic rings. The van der Waals surface area contributed by atoms with E-state index in [1.807, 2.05) is 6.07 Å². The largest absolute Gasteiger partial charge is 0.318 e. The maximum Gasteiger partial charge on any atom is 0.164 e. The van der Waals surface area contributed by atoms with Crippen LogP contribution in [0.1, 0.15) is 34.5 Å². The average Bonchev–Trinajstić information content (AvgIpc) is 2.84. The van der Waals surface area contributed by atoms with Gasteiger partial charge < -0.3 is 4.57 Å². The molecule has 1 aromatic carbocycles. The van der Waals surface area contributed by atoms with Gasteiger partial charge in [0.05, 0.1) is 17.3 Å². The molecule has 0 amide bonds. The molecular formula is C15H11FN2O. The number of ketones is 1. The Kier molecular flexibility index (Phi) is 2.68. The predicted molar refractivity (Wildman–Crippen MR) is 67.7 cm³/mol. The Morgan fingerprint density at radius 2 is 2.11 bits per heavy atom. The molecular weight excluding hydrogens is 243 g/mol. The van der Waals surface area contributed by atoms with Gasteiger partial charge in [0.15, 0.2) is 5.78 Å². The first-order chi connectivity index (χ1) is 9.20. The molecule has 0 unspecified atom stereocenters. The summed E-state index contributed by atoms with van der Waals surface area (Å²) in [6.07, 6.45) is 3.85. The first-order valence-electron chi connectivity index (χ1n) is 6.14. The molecule has 1 aromatic heterocycles. The fourth-order valence-electron chi connectivity index (χ4n) is 2.52. The molecule has 0 bridgehead atoms. The second kappa shape index (κ2) is 4.36. The molecule has 0 radical (unpaired) electrons. The molecule has 0 spiro atoms. The Balaban J connectivity index is 2.14. The molecule has 94 valence electrons. The molecule has 2 aromatic rings. The number of aromatic nitrogens is 1. The number of benzene rings is 1. The van der Waals surface area contributed by atoms with Crippen LogP contribution in [-0.2, 0) is 6.42 Å². The molecule has 4 heteroatoms. The Morgan fingerprint density at radius 3 is 2.84 bits per heavy atom. The molecule has 0 fully saturated rings. The quantitative estimate of drug-likeness (QED) is 0.785. The van der Waals surface area contributed by atoms with Crippen LogP contribution >= 0.6 is 0 Å². The van der Waals surface area contributed by atoms with E-state index in [1.165, 1.54) is 6.07 Å². The Morgan fingerprint density at radius 1 is 1.26 bits per heavy atom. The third kappa shape index (κ3) is 1.84. The van der Waals surface area contributed by atoms with Gasteiger partial charge in [-0.1, -0.05) is 0 Å². The molecule has 0 aliphatic heterocycles. The number of hydrogen-bond acceptors (Lipinski definition) is 2. The van der Waals surface area contributed by atoms with Gasteiger partial charge in [-0.25, -0.2) is 4.39 Å². The summed E-state index contributed by atoms with van der Waals surface area (Å²) in [6, 6.07) is 8.02. The first-order valence-corrected chi connectivity index (χ1v) is 6.14. The number of halogens is 1. The molecule has 1 aliphatic carbocycles. The predicted octanol–water partition coefficient (Wildman–Crippen LogP) is 3.01. The minimum atomic E-state index is -0.449. The van der Waals surface area contributed by atoms with Crippen molar-refractivity contribution in [3.8, 4) is 11.8 Å². The highest BCUT2D eigenvalue weighted by molar-refractivity contribution is 5.98. The van der Waals surface area contributed by atoms with Gasteiger partial charge in [0.2, 0.25) is 0 Å². The van der Waals surface area contributed by atoms with Crippen molar-refractivity contribution in [1.82, 2.24) is 4.57 Å². The summed E-state index contributed by atoms with van der Waals surface area (Å²) in [5.74, 6) is -0.329. The van der Waals surface area contributed by atoms with Crippen LogP contribution in [0.2, 0.25) is 0 Å². The zero-order valence-corrected chi connectivity index (χ0v) is 10.2. The van der Waals surface area contributed by atoms with Gasteiger partial charge in [0.25, 0.3) is 0 Å². The van der Waals surface area contributed by atoms with Crippen molar-refractivity contribution in [2.24, 2.45) is 0 Å². The first kappa shape index (κ1) is 11.7. The molecule has 0 saturated heterocycles. The molecule has 3 nitrogen and oxygen atoms in total. The highest BCUT2D eigenvalue weighted by Crippen LogP contribution is 2.26. The van der Waals surface area contributed by atoms with Crippen LogP contribution in [0.25, 0.3) is 5.69 Å². The number of carbonyl (C=O) groups is 1. The summed E-state index contributed by atoms with van der Waals surface area (Å²) in [4.78, 5) is 11.8. The lowest BCUT2D eigenvalue weighted by Gasteiger charge is -2.15. The zero-order chi connectivity index (χ0) is 13.4. The summed E-state index contributed by atoms with van der Waals surface area (Å²) in [7, 11) is 0. The van der Waals surface area contributed by atoms with Crippen molar-refractivity contribution < 1.29 is 9.18 Å². The number of carbonyl (C=O) groups excluding carboxylic acids is 1. The third-order valence-electron chi connectivity index (χ3n) is 3.45. The van der Waals surface area contributed by atoms with Crippen molar-refractivity contribution in [2.75, 3.05) is 0 Å². The SMILES string of the molecule is N#Cc1ccc(-n2ccc3c2CCCC3=O)c(F)c1. The number of fused-ring (bicyclic) bond motifs is 1. The third-order valence-corrected chi connectivity index (χ3v) is 3.45. The Labute approximate surface area is 109 Å². The van der Waals surface area contributed by atoms with Crippen molar-refractivity contribution in [3.05, 3.63) is 53.1 Å². The average molecular weight is 254 g/mol. The van der Waals surface area contributed by atoms with Crippen LogP contribution in [0, 0.1) is 17.1 Å². The Hall–Kier alpha value is -2.41. The summed E-state index contributed by atoms with van der Waals surface area (Å²) >= 11 is 0. The number of nitrogens with zero attached hydrogens (tertiary/aromatic N) is 2. The van der Waals surface area contributed by atoms with Crippen molar-refractivity contribution in [1.29, 1.82) is 5.26 Å². The summed E-state index contributed by atoms with van der Waals surface area (Å²) < 4.78 is 15.7. The molecule has 0 atom stereocenters. The lowest BCUT2D eigenvalue weighted by atomic mass is 9.96. The van der Waals surface area contributed by atoms with E-state index in [1.54, 1.807) is 29.0 Å². The Bertz CT molecular complexity index is 709. The van der Waals surface area contributed by atoms with E-state index in [0.717, 1.165) is 18.5 Å². The molecule has 1 heterocycles. The van der Waals surface area contributed by atoms with Crippen LogP contribution in [0.15, 0.2) is 30.5 Å². The van der Waals surface area contributed by atoms with Crippen molar-refractivity contribution >= 4 is 5.78 Å². The number of rotatable bonds is 1. The van der Waals surface area contributed by atoms with Crippen LogP contribution < -0.4 is 0 Å². The van der Waals surface area contributed by atoms with Crippen LogP contribution in [-0.4, -0.2) is 10.4 Å². The van der Waals surface area contributed by atoms with Gasteiger partial charge in [-0.3, -0.25) is 4.79 Å². The van der Waals surface area contributed by atoms with Crippen LogP contribution in [0.5, 0.6) is 0 Å². The molecule has 0 saturated carbocycles. The van der Waals surface area contributed by atoms with Gasteiger partial charge >= 0.3 is 0 Å². The van der Waals surface area contributed by atoms with E-state index in [0.29, 0.717) is 23.2 Å². The highest BCUT2D eigenvalue weighted by Gasteiger charge is 2.22. The second-order valence-corrected chi connectivity index (χ2v) is 4.60. The van der Waals surface area contributed by atoms with Gasteiger partial charge in [-0.2, -0.15) is 5.26 Å². The maximum absolute atomic E-state index is 14.0. The topological polar surface area (TPSA) is 45.8 Å². The van der Waals surface area contributed by atoms with E-state index < -0.39 is 5.82 Å². The van der Waals surface area contributed by atoms with Crippen LogP contribution in [0.4, 0.5) is 4.39 Å². The maximum atomic E-state index is 14.0. The van der Waals surface area contributed by atoms with E-state index in [9.17, 15) is 9.18 Å². The summed E-state index contributed by atoms with van der Waals surface area (Å²) in [6.45, 7) is 0. The lowest BCUT2D eigenvalue weighted by molar-refractivity contribution is 0.0972. The summed E-state index contributed by atoms with van der Waals surface area (Å²) in [5.41, 5.74) is 2.23. The van der Waals surface area contributed by atoms with E-state index in [2.05, 4.69) is 0 Å². The van der Waals surface area contributed by atoms with E-state index in [4.69, 9.17) is 5.26 Å². The minimum absolute atomic E-state index is 0.119.